The minimum Gasteiger partial charge on any atom is -0.480 e. The third-order valence-electron chi connectivity index (χ3n) is 1.70. The van der Waals surface area contributed by atoms with Gasteiger partial charge in [-0.15, -0.1) is 11.8 Å². The van der Waals surface area contributed by atoms with Crippen LogP contribution in [-0.4, -0.2) is 54.2 Å². The first kappa shape index (κ1) is 15.7. The summed E-state index contributed by atoms with van der Waals surface area (Å²) in [4.78, 5) is 32.6. The fourth-order valence-corrected chi connectivity index (χ4v) is 1.64. The lowest BCUT2D eigenvalue weighted by Crippen LogP contribution is -2.44. The van der Waals surface area contributed by atoms with Gasteiger partial charge in [0.15, 0.2) is 0 Å². The highest BCUT2D eigenvalue weighted by Crippen LogP contribution is 2.00. The molecule has 0 radical (unpaired) electrons. The Morgan fingerprint density at radius 3 is 2.59 bits per heavy atom. The average molecular weight is 264 g/mol. The first-order chi connectivity index (χ1) is 7.97. The quantitative estimate of drug-likeness (QED) is 0.451. The van der Waals surface area contributed by atoms with Gasteiger partial charge < -0.3 is 20.9 Å². The van der Waals surface area contributed by atoms with Gasteiger partial charge in [-0.05, 0) is 0 Å². The smallest absolute Gasteiger partial charge is 0.326 e. The maximum Gasteiger partial charge on any atom is 0.326 e. The molecule has 0 aliphatic rings. The maximum absolute atomic E-state index is 11.3. The molecule has 0 heterocycles. The zero-order valence-electron chi connectivity index (χ0n) is 9.47. The first-order valence-electron chi connectivity index (χ1n) is 4.84. The highest BCUT2D eigenvalue weighted by Gasteiger charge is 2.21. The van der Waals surface area contributed by atoms with Crippen LogP contribution in [0, 0.1) is 0 Å². The number of ether oxygens (including phenoxy) is 1. The molecule has 0 bridgehead atoms. The summed E-state index contributed by atoms with van der Waals surface area (Å²) in [5, 5.41) is 11.0. The van der Waals surface area contributed by atoms with Crippen LogP contribution < -0.4 is 11.1 Å². The van der Waals surface area contributed by atoms with E-state index < -0.39 is 30.2 Å². The zero-order valence-corrected chi connectivity index (χ0v) is 10.3. The van der Waals surface area contributed by atoms with E-state index in [0.717, 1.165) is 0 Å². The number of nitrogens with one attached hydrogen (secondary N) is 1. The highest BCUT2D eigenvalue weighted by molar-refractivity contribution is 7.99. The predicted octanol–water partition coefficient (Wildman–Crippen LogP) is -1.19. The summed E-state index contributed by atoms with van der Waals surface area (Å²) in [7, 11) is 1.55. The minimum absolute atomic E-state index is 0.117. The van der Waals surface area contributed by atoms with Crippen molar-refractivity contribution in [1.29, 1.82) is 0 Å². The van der Waals surface area contributed by atoms with Crippen LogP contribution in [-0.2, 0) is 19.1 Å². The Kier molecular flexibility index (Phi) is 8.16. The topological polar surface area (TPSA) is 119 Å². The van der Waals surface area contributed by atoms with Crippen molar-refractivity contribution in [3.8, 4) is 0 Å². The van der Waals surface area contributed by atoms with Crippen LogP contribution in [0.15, 0.2) is 0 Å². The number of carboxylic acids is 1. The third kappa shape index (κ3) is 8.52. The summed E-state index contributed by atoms with van der Waals surface area (Å²) in [5.41, 5.74) is 4.87. The fourth-order valence-electron chi connectivity index (χ4n) is 0.944. The van der Waals surface area contributed by atoms with Crippen molar-refractivity contribution in [3.05, 3.63) is 0 Å². The summed E-state index contributed by atoms with van der Waals surface area (Å²) >= 11 is 1.31. The van der Waals surface area contributed by atoms with Crippen LogP contribution in [0.4, 0.5) is 0 Å². The number of rotatable bonds is 9. The van der Waals surface area contributed by atoms with Gasteiger partial charge in [0.2, 0.25) is 11.8 Å². The van der Waals surface area contributed by atoms with Crippen LogP contribution >= 0.6 is 11.8 Å². The van der Waals surface area contributed by atoms with E-state index in [4.69, 9.17) is 15.6 Å². The number of hydrogen-bond acceptors (Lipinski definition) is 5. The summed E-state index contributed by atoms with van der Waals surface area (Å²) in [6.07, 6.45) is -0.413. The summed E-state index contributed by atoms with van der Waals surface area (Å²) in [6.45, 7) is 0.515. The van der Waals surface area contributed by atoms with Crippen molar-refractivity contribution >= 4 is 29.5 Å². The Balaban J connectivity index is 3.96. The number of hydrogen-bond donors (Lipinski definition) is 3. The number of amides is 2. The molecule has 0 aliphatic carbocycles. The largest absolute Gasteiger partial charge is 0.480 e. The fraction of sp³-hybridized carbons (Fsp3) is 0.667. The highest BCUT2D eigenvalue weighted by atomic mass is 32.2. The number of primary amides is 1. The van der Waals surface area contributed by atoms with Crippen molar-refractivity contribution in [2.75, 3.05) is 25.2 Å². The Morgan fingerprint density at radius 2 is 2.12 bits per heavy atom. The number of carbonyl (C=O) groups is 3. The van der Waals surface area contributed by atoms with Gasteiger partial charge in [-0.2, -0.15) is 0 Å². The molecule has 0 aromatic carbocycles. The molecule has 7 nitrogen and oxygen atoms in total. The minimum atomic E-state index is -1.28. The van der Waals surface area contributed by atoms with Gasteiger partial charge in [0.1, 0.15) is 6.04 Å². The average Bonchev–Trinajstić information content (AvgIpc) is 2.22. The van der Waals surface area contributed by atoms with Crippen LogP contribution in [0.1, 0.15) is 6.42 Å². The summed E-state index contributed by atoms with van der Waals surface area (Å²) in [6, 6.07) is -1.26. The van der Waals surface area contributed by atoms with E-state index in [9.17, 15) is 14.4 Å². The number of aliphatic carboxylic acids is 1. The molecule has 0 saturated carbocycles. The van der Waals surface area contributed by atoms with Gasteiger partial charge in [0, 0.05) is 12.9 Å². The van der Waals surface area contributed by atoms with Crippen molar-refractivity contribution in [2.45, 2.75) is 12.5 Å². The molecule has 17 heavy (non-hydrogen) atoms. The van der Waals surface area contributed by atoms with Gasteiger partial charge in [-0.3, -0.25) is 9.59 Å². The molecule has 0 unspecified atom stereocenters. The van der Waals surface area contributed by atoms with Gasteiger partial charge in [0.25, 0.3) is 0 Å². The molecule has 0 saturated heterocycles. The third-order valence-corrected chi connectivity index (χ3v) is 2.63. The second kappa shape index (κ2) is 8.82. The molecular weight excluding hydrogens is 248 g/mol. The maximum atomic E-state index is 11.3. The van der Waals surface area contributed by atoms with E-state index in [2.05, 4.69) is 5.32 Å². The molecule has 0 aromatic heterocycles. The Morgan fingerprint density at radius 1 is 1.47 bits per heavy atom. The van der Waals surface area contributed by atoms with Crippen LogP contribution in [0.25, 0.3) is 0 Å². The molecule has 8 heteroatoms. The molecule has 98 valence electrons. The second-order valence-electron chi connectivity index (χ2n) is 3.17. The van der Waals surface area contributed by atoms with Gasteiger partial charge in [-0.1, -0.05) is 0 Å². The van der Waals surface area contributed by atoms with E-state index in [1.165, 1.54) is 11.8 Å². The number of thioether (sulfide) groups is 1. The van der Waals surface area contributed by atoms with Gasteiger partial charge in [0.05, 0.1) is 18.8 Å². The van der Waals surface area contributed by atoms with E-state index in [1.54, 1.807) is 7.11 Å². The molecule has 0 spiro atoms. The van der Waals surface area contributed by atoms with Crippen molar-refractivity contribution in [1.82, 2.24) is 5.32 Å². The molecule has 0 rings (SSSR count). The van der Waals surface area contributed by atoms with E-state index >= 15 is 0 Å². The molecule has 0 fully saturated rings. The standard InChI is InChI=1S/C9H16N2O5S/c1-16-2-3-17-5-8(13)11-6(9(14)15)4-7(10)12/h6H,2-5H2,1H3,(H2,10,12)(H,11,13)(H,14,15)/t6-/m0/s1. The molecule has 0 aliphatic heterocycles. The zero-order chi connectivity index (χ0) is 13.3. The van der Waals surface area contributed by atoms with Gasteiger partial charge >= 0.3 is 5.97 Å². The van der Waals surface area contributed by atoms with E-state index in [-0.39, 0.29) is 5.75 Å². The molecular formula is C9H16N2O5S. The van der Waals surface area contributed by atoms with E-state index in [1.807, 2.05) is 0 Å². The number of methoxy groups -OCH3 is 1. The number of nitrogens with two attached hydrogens (primary N) is 1. The number of carbonyl (C=O) groups excluding carboxylic acids is 2. The van der Waals surface area contributed by atoms with Crippen molar-refractivity contribution in [2.24, 2.45) is 5.73 Å². The molecule has 1 atom stereocenters. The Labute approximate surface area is 103 Å². The number of carboxylic acid groups (broad SMARTS) is 1. The SMILES string of the molecule is COCCSCC(=O)N[C@@H](CC(N)=O)C(=O)O. The lowest BCUT2D eigenvalue weighted by atomic mass is 10.2. The Hall–Kier alpha value is -1.28. The monoisotopic (exact) mass is 264 g/mol. The lowest BCUT2D eigenvalue weighted by Gasteiger charge is -2.12. The molecule has 0 aromatic rings. The van der Waals surface area contributed by atoms with Crippen molar-refractivity contribution < 1.29 is 24.2 Å². The van der Waals surface area contributed by atoms with Crippen LogP contribution in [0.5, 0.6) is 0 Å². The molecule has 2 amide bonds. The summed E-state index contributed by atoms with van der Waals surface area (Å²) < 4.78 is 4.79. The first-order valence-corrected chi connectivity index (χ1v) is 6.00. The van der Waals surface area contributed by atoms with Crippen molar-refractivity contribution in [3.63, 3.8) is 0 Å². The van der Waals surface area contributed by atoms with E-state index in [0.29, 0.717) is 12.4 Å². The normalized spacial score (nSPS) is 11.8. The lowest BCUT2D eigenvalue weighted by molar-refractivity contribution is -0.143. The van der Waals surface area contributed by atoms with Crippen LogP contribution in [0.3, 0.4) is 0 Å². The Bertz CT molecular complexity index is 285. The summed E-state index contributed by atoms with van der Waals surface area (Å²) in [5.74, 6) is -1.74. The van der Waals surface area contributed by atoms with Gasteiger partial charge in [-0.25, -0.2) is 4.79 Å². The van der Waals surface area contributed by atoms with Crippen LogP contribution in [0.2, 0.25) is 0 Å². The predicted molar refractivity (Wildman–Crippen MR) is 62.6 cm³/mol. The molecule has 4 N–H and O–H groups in total. The second-order valence-corrected chi connectivity index (χ2v) is 4.28.